The Morgan fingerprint density at radius 1 is 1.04 bits per heavy atom. The van der Waals surface area contributed by atoms with E-state index in [9.17, 15) is 9.59 Å². The highest BCUT2D eigenvalue weighted by atomic mass is 35.5. The molecule has 2 aromatic rings. The fourth-order valence-electron chi connectivity index (χ4n) is 2.15. The predicted octanol–water partition coefficient (Wildman–Crippen LogP) is 3.80. The molecule has 2 aromatic carbocycles. The Hall–Kier alpha value is -2.79. The maximum atomic E-state index is 12.0. The lowest BCUT2D eigenvalue weighted by atomic mass is 10.1. The van der Waals surface area contributed by atoms with Crippen LogP contribution in [0.5, 0.6) is 11.5 Å². The Morgan fingerprint density at radius 3 is 2.48 bits per heavy atom. The Balaban J connectivity index is 2.00. The molecule has 0 atom stereocenters. The van der Waals surface area contributed by atoms with Crippen molar-refractivity contribution in [3.8, 4) is 11.5 Å². The van der Waals surface area contributed by atoms with Crippen molar-refractivity contribution in [1.29, 1.82) is 0 Å². The van der Waals surface area contributed by atoms with Gasteiger partial charge < -0.3 is 14.2 Å². The molecule has 0 aliphatic heterocycles. The molecule has 2 rings (SSSR count). The number of esters is 1. The van der Waals surface area contributed by atoms with Crippen LogP contribution in [-0.2, 0) is 9.53 Å². The van der Waals surface area contributed by atoms with Gasteiger partial charge in [-0.2, -0.15) is 0 Å². The summed E-state index contributed by atoms with van der Waals surface area (Å²) >= 11 is 5.94. The first-order chi connectivity index (χ1) is 12.1. The van der Waals surface area contributed by atoms with Gasteiger partial charge in [-0.15, -0.1) is 0 Å². The molecule has 0 unspecified atom stereocenters. The molecule has 0 bridgehead atoms. The van der Waals surface area contributed by atoms with Gasteiger partial charge in [0, 0.05) is 17.2 Å². The van der Waals surface area contributed by atoms with Gasteiger partial charge in [0.05, 0.1) is 19.2 Å². The second kappa shape index (κ2) is 8.89. The number of Topliss-reactive ketones (excluding diaryl/α,β-unsaturated/α-hetero) is 1. The number of methoxy groups -OCH3 is 2. The lowest BCUT2D eigenvalue weighted by Gasteiger charge is -2.09. The summed E-state index contributed by atoms with van der Waals surface area (Å²) in [6.07, 6.45) is 2.75. The third kappa shape index (κ3) is 4.84. The lowest BCUT2D eigenvalue weighted by Crippen LogP contribution is -2.12. The van der Waals surface area contributed by atoms with Crippen LogP contribution in [0.25, 0.3) is 6.08 Å². The Morgan fingerprint density at radius 2 is 1.80 bits per heavy atom. The molecule has 0 aromatic heterocycles. The molecule has 0 aliphatic carbocycles. The largest absolute Gasteiger partial charge is 0.493 e. The molecule has 0 aliphatic rings. The molecule has 0 radical (unpaired) electrons. The summed E-state index contributed by atoms with van der Waals surface area (Å²) in [5.74, 6) is 0.0321. The minimum atomic E-state index is -0.648. The van der Waals surface area contributed by atoms with Crippen LogP contribution in [0.3, 0.4) is 0 Å². The molecule has 25 heavy (non-hydrogen) atoms. The zero-order valence-corrected chi connectivity index (χ0v) is 14.6. The van der Waals surface area contributed by atoms with Gasteiger partial charge in [-0.3, -0.25) is 4.79 Å². The van der Waals surface area contributed by atoms with Crippen LogP contribution < -0.4 is 9.47 Å². The van der Waals surface area contributed by atoms with E-state index in [0.29, 0.717) is 27.6 Å². The van der Waals surface area contributed by atoms with Crippen molar-refractivity contribution in [1.82, 2.24) is 0 Å². The van der Waals surface area contributed by atoms with Crippen molar-refractivity contribution in [2.24, 2.45) is 0 Å². The average molecular weight is 361 g/mol. The zero-order chi connectivity index (χ0) is 18.2. The summed E-state index contributed by atoms with van der Waals surface area (Å²) in [4.78, 5) is 23.8. The van der Waals surface area contributed by atoms with Gasteiger partial charge in [0.1, 0.15) is 0 Å². The van der Waals surface area contributed by atoms with E-state index in [1.807, 2.05) is 0 Å². The van der Waals surface area contributed by atoms with Gasteiger partial charge in [-0.05, 0) is 24.3 Å². The predicted molar refractivity (Wildman–Crippen MR) is 95.3 cm³/mol. The van der Waals surface area contributed by atoms with Crippen molar-refractivity contribution < 1.29 is 23.8 Å². The van der Waals surface area contributed by atoms with Crippen LogP contribution in [0.4, 0.5) is 0 Å². The van der Waals surface area contributed by atoms with E-state index in [2.05, 4.69) is 0 Å². The highest BCUT2D eigenvalue weighted by molar-refractivity contribution is 6.34. The van der Waals surface area contributed by atoms with Gasteiger partial charge in [-0.1, -0.05) is 35.9 Å². The van der Waals surface area contributed by atoms with Gasteiger partial charge in [0.2, 0.25) is 5.78 Å². The number of hydrogen-bond donors (Lipinski definition) is 0. The molecule has 0 amide bonds. The number of hydrogen-bond acceptors (Lipinski definition) is 5. The number of benzene rings is 2. The summed E-state index contributed by atoms with van der Waals surface area (Å²) in [6, 6.07) is 11.9. The normalized spacial score (nSPS) is 10.5. The molecule has 0 saturated carbocycles. The molecule has 0 saturated heterocycles. The summed E-state index contributed by atoms with van der Waals surface area (Å²) < 4.78 is 15.4. The first kappa shape index (κ1) is 18.5. The number of ether oxygens (including phenoxy) is 3. The highest BCUT2D eigenvalue weighted by Gasteiger charge is 2.12. The van der Waals surface area contributed by atoms with Gasteiger partial charge >= 0.3 is 5.97 Å². The quantitative estimate of drug-likeness (QED) is 0.427. The molecular weight excluding hydrogens is 344 g/mol. The Labute approximate surface area is 150 Å². The number of para-hydroxylation sites is 1. The van der Waals surface area contributed by atoms with Crippen LogP contribution in [0, 0.1) is 0 Å². The van der Waals surface area contributed by atoms with Crippen molar-refractivity contribution in [2.45, 2.75) is 0 Å². The summed E-state index contributed by atoms with van der Waals surface area (Å²) in [7, 11) is 3.04. The fourth-order valence-corrected chi connectivity index (χ4v) is 2.39. The number of carbonyl (C=O) groups is 2. The SMILES string of the molecule is COc1cccc(/C=C/C(=O)OCC(=O)c2ccccc2Cl)c1OC. The van der Waals surface area contributed by atoms with Crippen molar-refractivity contribution in [2.75, 3.05) is 20.8 Å². The van der Waals surface area contributed by atoms with E-state index in [-0.39, 0.29) is 12.4 Å². The minimum Gasteiger partial charge on any atom is -0.493 e. The van der Waals surface area contributed by atoms with E-state index < -0.39 is 5.97 Å². The van der Waals surface area contributed by atoms with Crippen molar-refractivity contribution >= 4 is 29.4 Å². The van der Waals surface area contributed by atoms with Crippen molar-refractivity contribution in [3.63, 3.8) is 0 Å². The maximum absolute atomic E-state index is 12.0. The number of halogens is 1. The van der Waals surface area contributed by atoms with Crippen LogP contribution in [-0.4, -0.2) is 32.6 Å². The molecule has 130 valence electrons. The molecule has 0 heterocycles. The molecule has 5 nitrogen and oxygen atoms in total. The minimum absolute atomic E-state index is 0.315. The van der Waals surface area contributed by atoms with Crippen LogP contribution in [0.2, 0.25) is 5.02 Å². The maximum Gasteiger partial charge on any atom is 0.331 e. The molecular formula is C19H17ClO5. The van der Waals surface area contributed by atoms with E-state index >= 15 is 0 Å². The third-order valence-electron chi connectivity index (χ3n) is 3.35. The van der Waals surface area contributed by atoms with E-state index in [1.54, 1.807) is 42.5 Å². The smallest absolute Gasteiger partial charge is 0.331 e. The lowest BCUT2D eigenvalue weighted by molar-refractivity contribution is -0.136. The molecule has 6 heteroatoms. The van der Waals surface area contributed by atoms with E-state index in [4.69, 9.17) is 25.8 Å². The number of carbonyl (C=O) groups excluding carboxylic acids is 2. The standard InChI is InChI=1S/C19H17ClO5/c1-23-17-9-5-6-13(19(17)24-2)10-11-18(22)25-12-16(21)14-7-3-4-8-15(14)20/h3-11H,12H2,1-2H3/b11-10+. The van der Waals surface area contributed by atoms with Crippen LogP contribution >= 0.6 is 11.6 Å². The number of ketones is 1. The average Bonchev–Trinajstić information content (AvgIpc) is 2.64. The summed E-state index contributed by atoms with van der Waals surface area (Å²) in [6.45, 7) is -0.387. The Kier molecular flexibility index (Phi) is 6.60. The van der Waals surface area contributed by atoms with Gasteiger partial charge in [-0.25, -0.2) is 4.79 Å². The second-order valence-corrected chi connectivity index (χ2v) is 5.33. The molecule has 0 fully saturated rings. The second-order valence-electron chi connectivity index (χ2n) is 4.93. The van der Waals surface area contributed by atoms with E-state index in [0.717, 1.165) is 0 Å². The Bertz CT molecular complexity index is 798. The number of rotatable bonds is 7. The van der Waals surface area contributed by atoms with E-state index in [1.165, 1.54) is 26.4 Å². The van der Waals surface area contributed by atoms with Gasteiger partial charge in [0.15, 0.2) is 18.1 Å². The van der Waals surface area contributed by atoms with Gasteiger partial charge in [0.25, 0.3) is 0 Å². The first-order valence-electron chi connectivity index (χ1n) is 7.40. The first-order valence-corrected chi connectivity index (χ1v) is 7.78. The zero-order valence-electron chi connectivity index (χ0n) is 13.8. The monoisotopic (exact) mass is 360 g/mol. The highest BCUT2D eigenvalue weighted by Crippen LogP contribution is 2.31. The summed E-state index contributed by atoms with van der Waals surface area (Å²) in [5.41, 5.74) is 0.964. The molecule has 0 N–H and O–H groups in total. The summed E-state index contributed by atoms with van der Waals surface area (Å²) in [5, 5.41) is 0.320. The van der Waals surface area contributed by atoms with Crippen LogP contribution in [0.15, 0.2) is 48.5 Å². The van der Waals surface area contributed by atoms with Crippen molar-refractivity contribution in [3.05, 3.63) is 64.7 Å². The van der Waals surface area contributed by atoms with Crippen LogP contribution in [0.1, 0.15) is 15.9 Å². The molecule has 0 spiro atoms. The topological polar surface area (TPSA) is 61.8 Å². The third-order valence-corrected chi connectivity index (χ3v) is 3.68. The fraction of sp³-hybridized carbons (Fsp3) is 0.158.